The van der Waals surface area contributed by atoms with Crippen LogP contribution in [0.25, 0.3) is 0 Å². The minimum atomic E-state index is -0.0945. The van der Waals surface area contributed by atoms with Crippen LogP contribution < -0.4 is 5.73 Å². The number of rotatable bonds is 2. The fraction of sp³-hybridized carbons (Fsp3) is 0.571. The smallest absolute Gasteiger partial charge is 0.115 e. The SMILES string of the molecule is NC1(c2ccc(O)cc2)CC1C1CCCC1. The third-order valence-electron chi connectivity index (χ3n) is 4.43. The molecule has 3 N–H and O–H groups in total. The molecule has 2 aliphatic carbocycles. The fourth-order valence-corrected chi connectivity index (χ4v) is 3.36. The zero-order valence-electron chi connectivity index (χ0n) is 9.52. The molecule has 2 atom stereocenters. The highest BCUT2D eigenvalue weighted by molar-refractivity contribution is 5.36. The van der Waals surface area contributed by atoms with Crippen molar-refractivity contribution in [3.05, 3.63) is 29.8 Å². The van der Waals surface area contributed by atoms with E-state index in [-0.39, 0.29) is 5.54 Å². The average molecular weight is 217 g/mol. The second-order valence-corrected chi connectivity index (χ2v) is 5.44. The van der Waals surface area contributed by atoms with Crippen molar-refractivity contribution in [2.45, 2.75) is 37.6 Å². The summed E-state index contributed by atoms with van der Waals surface area (Å²) in [5.74, 6) is 1.85. The summed E-state index contributed by atoms with van der Waals surface area (Å²) in [6, 6.07) is 7.44. The van der Waals surface area contributed by atoms with Crippen LogP contribution in [0, 0.1) is 11.8 Å². The van der Waals surface area contributed by atoms with Crippen molar-refractivity contribution in [2.24, 2.45) is 17.6 Å². The molecule has 86 valence electrons. The van der Waals surface area contributed by atoms with Gasteiger partial charge in [0.05, 0.1) is 0 Å². The summed E-state index contributed by atoms with van der Waals surface area (Å²) < 4.78 is 0. The molecule has 2 aliphatic rings. The Morgan fingerprint density at radius 3 is 2.38 bits per heavy atom. The van der Waals surface area contributed by atoms with Gasteiger partial charge in [0.2, 0.25) is 0 Å². The molecule has 0 spiro atoms. The van der Waals surface area contributed by atoms with Crippen LogP contribution in [0.3, 0.4) is 0 Å². The number of benzene rings is 1. The van der Waals surface area contributed by atoms with Gasteiger partial charge in [-0.05, 0) is 36.0 Å². The molecule has 1 aromatic rings. The van der Waals surface area contributed by atoms with E-state index < -0.39 is 0 Å². The highest BCUT2D eigenvalue weighted by Crippen LogP contribution is 2.57. The van der Waals surface area contributed by atoms with Gasteiger partial charge in [-0.1, -0.05) is 37.8 Å². The van der Waals surface area contributed by atoms with Gasteiger partial charge in [-0.3, -0.25) is 0 Å². The molecule has 0 aromatic heterocycles. The Balaban J connectivity index is 1.78. The molecule has 0 radical (unpaired) electrons. The fourth-order valence-electron chi connectivity index (χ4n) is 3.36. The number of phenols is 1. The molecule has 0 aliphatic heterocycles. The molecular formula is C14H19NO. The lowest BCUT2D eigenvalue weighted by Crippen LogP contribution is -2.24. The number of hydrogen-bond acceptors (Lipinski definition) is 2. The molecule has 0 heterocycles. The lowest BCUT2D eigenvalue weighted by atomic mass is 9.94. The van der Waals surface area contributed by atoms with E-state index in [1.807, 2.05) is 12.1 Å². The van der Waals surface area contributed by atoms with E-state index in [2.05, 4.69) is 0 Å². The van der Waals surface area contributed by atoms with Crippen molar-refractivity contribution >= 4 is 0 Å². The van der Waals surface area contributed by atoms with E-state index in [0.717, 1.165) is 12.3 Å². The van der Waals surface area contributed by atoms with Crippen molar-refractivity contribution in [1.82, 2.24) is 0 Å². The van der Waals surface area contributed by atoms with Crippen LogP contribution in [0.5, 0.6) is 5.75 Å². The summed E-state index contributed by atoms with van der Waals surface area (Å²) in [6.07, 6.45) is 6.62. The van der Waals surface area contributed by atoms with E-state index in [4.69, 9.17) is 5.73 Å². The summed E-state index contributed by atoms with van der Waals surface area (Å²) in [4.78, 5) is 0. The van der Waals surface area contributed by atoms with Crippen LogP contribution in [0.2, 0.25) is 0 Å². The molecule has 1 aromatic carbocycles. The second kappa shape index (κ2) is 3.49. The number of aromatic hydroxyl groups is 1. The van der Waals surface area contributed by atoms with Crippen molar-refractivity contribution in [3.8, 4) is 5.75 Å². The van der Waals surface area contributed by atoms with Crippen LogP contribution >= 0.6 is 0 Å². The van der Waals surface area contributed by atoms with Gasteiger partial charge in [0.15, 0.2) is 0 Å². The van der Waals surface area contributed by atoms with Gasteiger partial charge >= 0.3 is 0 Å². The van der Waals surface area contributed by atoms with Crippen LogP contribution in [-0.4, -0.2) is 5.11 Å². The van der Waals surface area contributed by atoms with Gasteiger partial charge in [0.1, 0.15) is 5.75 Å². The molecule has 2 heteroatoms. The maximum Gasteiger partial charge on any atom is 0.115 e. The summed E-state index contributed by atoms with van der Waals surface area (Å²) in [5.41, 5.74) is 7.56. The zero-order valence-corrected chi connectivity index (χ0v) is 9.52. The van der Waals surface area contributed by atoms with Crippen LogP contribution in [0.4, 0.5) is 0 Å². The summed E-state index contributed by atoms with van der Waals surface area (Å²) in [6.45, 7) is 0. The van der Waals surface area contributed by atoms with Gasteiger partial charge < -0.3 is 10.8 Å². The summed E-state index contributed by atoms with van der Waals surface area (Å²) in [7, 11) is 0. The summed E-state index contributed by atoms with van der Waals surface area (Å²) in [5, 5.41) is 9.28. The first kappa shape index (κ1) is 10.2. The van der Waals surface area contributed by atoms with E-state index in [9.17, 15) is 5.11 Å². The normalized spacial score (nSPS) is 34.2. The van der Waals surface area contributed by atoms with Gasteiger partial charge in [0, 0.05) is 5.54 Å². The average Bonchev–Trinajstić information content (AvgIpc) is 2.77. The number of nitrogens with two attached hydrogens (primary N) is 1. The first-order chi connectivity index (χ1) is 7.70. The number of phenolic OH excluding ortho intramolecular Hbond substituents is 1. The second-order valence-electron chi connectivity index (χ2n) is 5.44. The van der Waals surface area contributed by atoms with Crippen molar-refractivity contribution in [1.29, 1.82) is 0 Å². The highest BCUT2D eigenvalue weighted by Gasteiger charge is 2.55. The van der Waals surface area contributed by atoms with E-state index >= 15 is 0 Å². The van der Waals surface area contributed by atoms with Gasteiger partial charge in [-0.2, -0.15) is 0 Å². The molecule has 0 amide bonds. The van der Waals surface area contributed by atoms with Gasteiger partial charge in [-0.15, -0.1) is 0 Å². The maximum atomic E-state index is 9.28. The largest absolute Gasteiger partial charge is 0.508 e. The predicted octanol–water partition coefficient (Wildman–Crippen LogP) is 2.76. The van der Waals surface area contributed by atoms with Crippen molar-refractivity contribution in [2.75, 3.05) is 0 Å². The van der Waals surface area contributed by atoms with Crippen molar-refractivity contribution in [3.63, 3.8) is 0 Å². The molecule has 2 unspecified atom stereocenters. The third-order valence-corrected chi connectivity index (χ3v) is 4.43. The van der Waals surface area contributed by atoms with Crippen LogP contribution in [0.15, 0.2) is 24.3 Å². The Bertz CT molecular complexity index is 380. The molecule has 0 bridgehead atoms. The first-order valence-electron chi connectivity index (χ1n) is 6.28. The Hall–Kier alpha value is -1.02. The first-order valence-corrected chi connectivity index (χ1v) is 6.28. The zero-order chi connectivity index (χ0) is 11.2. The molecule has 3 rings (SSSR count). The van der Waals surface area contributed by atoms with E-state index in [0.29, 0.717) is 11.7 Å². The highest BCUT2D eigenvalue weighted by atomic mass is 16.3. The monoisotopic (exact) mass is 217 g/mol. The molecule has 2 saturated carbocycles. The lowest BCUT2D eigenvalue weighted by Gasteiger charge is -2.16. The quantitative estimate of drug-likeness (QED) is 0.800. The maximum absolute atomic E-state index is 9.28. The van der Waals surface area contributed by atoms with Crippen LogP contribution in [0.1, 0.15) is 37.7 Å². The minimum absolute atomic E-state index is 0.0945. The Morgan fingerprint density at radius 2 is 1.75 bits per heavy atom. The van der Waals surface area contributed by atoms with Gasteiger partial charge in [-0.25, -0.2) is 0 Å². The molecule has 16 heavy (non-hydrogen) atoms. The van der Waals surface area contributed by atoms with E-state index in [1.165, 1.54) is 31.2 Å². The molecule has 0 saturated heterocycles. The standard InChI is InChI=1S/C14H19NO/c15-14(11-5-7-12(16)8-6-11)9-13(14)10-3-1-2-4-10/h5-8,10,13,16H,1-4,9,15H2. The van der Waals surface area contributed by atoms with Gasteiger partial charge in [0.25, 0.3) is 0 Å². The molecule has 2 nitrogen and oxygen atoms in total. The summed E-state index contributed by atoms with van der Waals surface area (Å²) >= 11 is 0. The third kappa shape index (κ3) is 1.52. The Morgan fingerprint density at radius 1 is 1.12 bits per heavy atom. The molecular weight excluding hydrogens is 198 g/mol. The van der Waals surface area contributed by atoms with Crippen molar-refractivity contribution < 1.29 is 5.11 Å². The molecule has 2 fully saturated rings. The Kier molecular flexibility index (Phi) is 2.21. The predicted molar refractivity (Wildman–Crippen MR) is 64.0 cm³/mol. The minimum Gasteiger partial charge on any atom is -0.508 e. The van der Waals surface area contributed by atoms with E-state index in [1.54, 1.807) is 12.1 Å². The number of hydrogen-bond donors (Lipinski definition) is 2. The Labute approximate surface area is 96.5 Å². The lowest BCUT2D eigenvalue weighted by molar-refractivity contribution is 0.428. The van der Waals surface area contributed by atoms with Crippen LogP contribution in [-0.2, 0) is 5.54 Å². The topological polar surface area (TPSA) is 46.2 Å².